The van der Waals surface area contributed by atoms with Gasteiger partial charge in [-0.3, -0.25) is 0 Å². The average molecular weight is 243 g/mol. The van der Waals surface area contributed by atoms with Crippen molar-refractivity contribution in [3.05, 3.63) is 34.3 Å². The number of nitrogens with two attached hydrogens (primary N) is 2. The smallest absolute Gasteiger partial charge is 0.0175 e. The fourth-order valence-electron chi connectivity index (χ4n) is 1.36. The monoisotopic (exact) mass is 242 g/mol. The standard InChI is InChI=1S/C10H15BrN2/c1-7(13)10(6-12)8-2-4-9(11)5-3-8/h2-5,7,10H,6,12-13H2,1H3. The highest BCUT2D eigenvalue weighted by Crippen LogP contribution is 2.19. The van der Waals surface area contributed by atoms with Gasteiger partial charge in [0, 0.05) is 23.0 Å². The summed E-state index contributed by atoms with van der Waals surface area (Å²) in [5, 5.41) is 0. The predicted molar refractivity (Wildman–Crippen MR) is 59.6 cm³/mol. The van der Waals surface area contributed by atoms with E-state index >= 15 is 0 Å². The van der Waals surface area contributed by atoms with E-state index in [4.69, 9.17) is 11.5 Å². The summed E-state index contributed by atoms with van der Waals surface area (Å²) in [6, 6.07) is 8.25. The van der Waals surface area contributed by atoms with E-state index in [9.17, 15) is 0 Å². The van der Waals surface area contributed by atoms with Crippen LogP contribution in [0.1, 0.15) is 18.4 Å². The van der Waals surface area contributed by atoms with Crippen molar-refractivity contribution in [3.8, 4) is 0 Å². The number of hydrogen-bond donors (Lipinski definition) is 2. The van der Waals surface area contributed by atoms with E-state index in [0.29, 0.717) is 6.54 Å². The van der Waals surface area contributed by atoms with Crippen LogP contribution in [0.4, 0.5) is 0 Å². The molecule has 0 saturated heterocycles. The van der Waals surface area contributed by atoms with Gasteiger partial charge in [0.15, 0.2) is 0 Å². The molecule has 72 valence electrons. The molecule has 0 heterocycles. The Kier molecular flexibility index (Phi) is 3.90. The second-order valence-corrected chi connectivity index (χ2v) is 4.17. The van der Waals surface area contributed by atoms with Crippen molar-refractivity contribution < 1.29 is 0 Å². The van der Waals surface area contributed by atoms with E-state index in [2.05, 4.69) is 28.1 Å². The molecule has 1 aromatic rings. The van der Waals surface area contributed by atoms with E-state index < -0.39 is 0 Å². The summed E-state index contributed by atoms with van der Waals surface area (Å²) < 4.78 is 1.08. The molecule has 0 aliphatic rings. The van der Waals surface area contributed by atoms with Gasteiger partial charge >= 0.3 is 0 Å². The van der Waals surface area contributed by atoms with Gasteiger partial charge in [-0.25, -0.2) is 0 Å². The van der Waals surface area contributed by atoms with Crippen LogP contribution >= 0.6 is 15.9 Å². The summed E-state index contributed by atoms with van der Waals surface area (Å²) in [6.07, 6.45) is 0. The first-order chi connectivity index (χ1) is 6.15. The molecule has 1 aromatic carbocycles. The van der Waals surface area contributed by atoms with Gasteiger partial charge in [-0.05, 0) is 24.6 Å². The fourth-order valence-corrected chi connectivity index (χ4v) is 1.63. The zero-order valence-corrected chi connectivity index (χ0v) is 9.29. The van der Waals surface area contributed by atoms with Crippen molar-refractivity contribution >= 4 is 15.9 Å². The normalized spacial score (nSPS) is 15.4. The SMILES string of the molecule is CC(N)C(CN)c1ccc(Br)cc1. The van der Waals surface area contributed by atoms with Crippen LogP contribution in [-0.4, -0.2) is 12.6 Å². The summed E-state index contributed by atoms with van der Waals surface area (Å²) in [5.74, 6) is 0.257. The highest BCUT2D eigenvalue weighted by atomic mass is 79.9. The van der Waals surface area contributed by atoms with Crippen LogP contribution in [-0.2, 0) is 0 Å². The first-order valence-corrected chi connectivity index (χ1v) is 5.15. The molecule has 2 atom stereocenters. The fraction of sp³-hybridized carbons (Fsp3) is 0.400. The lowest BCUT2D eigenvalue weighted by Crippen LogP contribution is -2.30. The van der Waals surface area contributed by atoms with Crippen molar-refractivity contribution in [2.75, 3.05) is 6.54 Å². The number of benzene rings is 1. The lowest BCUT2D eigenvalue weighted by atomic mass is 9.93. The molecule has 0 amide bonds. The summed E-state index contributed by atoms with van der Waals surface area (Å²) in [4.78, 5) is 0. The van der Waals surface area contributed by atoms with Gasteiger partial charge in [-0.1, -0.05) is 28.1 Å². The molecule has 0 bridgehead atoms. The third-order valence-electron chi connectivity index (χ3n) is 2.19. The molecule has 3 heteroatoms. The molecule has 0 aliphatic heterocycles. The summed E-state index contributed by atoms with van der Waals surface area (Å²) in [6.45, 7) is 2.58. The zero-order valence-electron chi connectivity index (χ0n) is 7.70. The number of hydrogen-bond acceptors (Lipinski definition) is 2. The van der Waals surface area contributed by atoms with Crippen LogP contribution in [0.3, 0.4) is 0 Å². The summed E-state index contributed by atoms with van der Waals surface area (Å²) in [7, 11) is 0. The van der Waals surface area contributed by atoms with Crippen LogP contribution in [0.25, 0.3) is 0 Å². The minimum absolute atomic E-state index is 0.103. The van der Waals surface area contributed by atoms with Crippen molar-refractivity contribution in [2.24, 2.45) is 11.5 Å². The topological polar surface area (TPSA) is 52.0 Å². The molecule has 0 aromatic heterocycles. The maximum atomic E-state index is 5.83. The van der Waals surface area contributed by atoms with Gasteiger partial charge in [-0.2, -0.15) is 0 Å². The molecule has 2 unspecified atom stereocenters. The number of halogens is 1. The summed E-state index contributed by atoms with van der Waals surface area (Å²) in [5.41, 5.74) is 12.7. The van der Waals surface area contributed by atoms with Gasteiger partial charge in [-0.15, -0.1) is 0 Å². The lowest BCUT2D eigenvalue weighted by molar-refractivity contribution is 0.577. The van der Waals surface area contributed by atoms with Gasteiger partial charge < -0.3 is 11.5 Å². The largest absolute Gasteiger partial charge is 0.330 e. The van der Waals surface area contributed by atoms with Crippen molar-refractivity contribution in [1.29, 1.82) is 0 Å². The maximum absolute atomic E-state index is 5.83. The Morgan fingerprint density at radius 3 is 2.23 bits per heavy atom. The molecule has 13 heavy (non-hydrogen) atoms. The number of rotatable bonds is 3. The Labute approximate surface area is 87.4 Å². The van der Waals surface area contributed by atoms with Crippen LogP contribution in [0.5, 0.6) is 0 Å². The van der Waals surface area contributed by atoms with Crippen molar-refractivity contribution in [2.45, 2.75) is 18.9 Å². The Bertz CT molecular complexity index is 256. The molecule has 0 spiro atoms. The van der Waals surface area contributed by atoms with Gasteiger partial charge in [0.2, 0.25) is 0 Å². The van der Waals surface area contributed by atoms with Crippen LogP contribution in [0.15, 0.2) is 28.7 Å². The predicted octanol–water partition coefficient (Wildman–Crippen LogP) is 1.84. The van der Waals surface area contributed by atoms with Gasteiger partial charge in [0.05, 0.1) is 0 Å². The molecule has 0 radical (unpaired) electrons. The highest BCUT2D eigenvalue weighted by Gasteiger charge is 2.13. The van der Waals surface area contributed by atoms with E-state index in [1.807, 2.05) is 19.1 Å². The maximum Gasteiger partial charge on any atom is 0.0175 e. The second-order valence-electron chi connectivity index (χ2n) is 3.25. The zero-order chi connectivity index (χ0) is 9.84. The minimum Gasteiger partial charge on any atom is -0.330 e. The van der Waals surface area contributed by atoms with Gasteiger partial charge in [0.25, 0.3) is 0 Å². The van der Waals surface area contributed by atoms with Crippen molar-refractivity contribution in [3.63, 3.8) is 0 Å². The second kappa shape index (κ2) is 4.74. The Morgan fingerprint density at radius 1 is 1.31 bits per heavy atom. The average Bonchev–Trinajstić information content (AvgIpc) is 2.09. The molecule has 2 nitrogen and oxygen atoms in total. The van der Waals surface area contributed by atoms with E-state index in [1.165, 1.54) is 5.56 Å². The molecule has 1 rings (SSSR count). The Balaban J connectivity index is 2.86. The molecular weight excluding hydrogens is 228 g/mol. The minimum atomic E-state index is 0.103. The van der Waals surface area contributed by atoms with Crippen LogP contribution < -0.4 is 11.5 Å². The Morgan fingerprint density at radius 2 is 1.85 bits per heavy atom. The van der Waals surface area contributed by atoms with Crippen LogP contribution in [0.2, 0.25) is 0 Å². The van der Waals surface area contributed by atoms with E-state index in [0.717, 1.165) is 4.47 Å². The molecular formula is C10H15BrN2. The molecule has 0 aliphatic carbocycles. The summed E-state index contributed by atoms with van der Waals surface area (Å²) >= 11 is 3.39. The Hall–Kier alpha value is -0.380. The first kappa shape index (κ1) is 10.7. The molecule has 0 fully saturated rings. The third kappa shape index (κ3) is 2.79. The lowest BCUT2D eigenvalue weighted by Gasteiger charge is -2.19. The van der Waals surface area contributed by atoms with E-state index in [-0.39, 0.29) is 12.0 Å². The molecule has 4 N–H and O–H groups in total. The van der Waals surface area contributed by atoms with E-state index in [1.54, 1.807) is 0 Å². The molecule has 0 saturated carbocycles. The third-order valence-corrected chi connectivity index (χ3v) is 2.72. The van der Waals surface area contributed by atoms with Gasteiger partial charge in [0.1, 0.15) is 0 Å². The highest BCUT2D eigenvalue weighted by molar-refractivity contribution is 9.10. The first-order valence-electron chi connectivity index (χ1n) is 4.36. The quantitative estimate of drug-likeness (QED) is 0.851. The van der Waals surface area contributed by atoms with Crippen molar-refractivity contribution in [1.82, 2.24) is 0 Å². The van der Waals surface area contributed by atoms with Crippen LogP contribution in [0, 0.1) is 0 Å².